The summed E-state index contributed by atoms with van der Waals surface area (Å²) in [4.78, 5) is 28.1. The number of nitrogens with zero attached hydrogens (tertiary/aromatic N) is 1. The van der Waals surface area contributed by atoms with Gasteiger partial charge in [-0.1, -0.05) is 11.8 Å². The molecule has 0 saturated carbocycles. The third kappa shape index (κ3) is 2.99. The summed E-state index contributed by atoms with van der Waals surface area (Å²) in [6, 6.07) is 5.30. The molecule has 2 aromatic heterocycles. The van der Waals surface area contributed by atoms with Crippen molar-refractivity contribution in [2.75, 3.05) is 5.32 Å². The highest BCUT2D eigenvalue weighted by atomic mass is 32.2. The van der Waals surface area contributed by atoms with Crippen molar-refractivity contribution in [1.82, 2.24) is 10.3 Å². The fraction of sp³-hybridized carbons (Fsp3) is 0.267. The Kier molecular flexibility index (Phi) is 3.89. The summed E-state index contributed by atoms with van der Waals surface area (Å²) in [6.45, 7) is 3.97. The van der Waals surface area contributed by atoms with E-state index in [1.807, 2.05) is 26.0 Å². The van der Waals surface area contributed by atoms with E-state index >= 15 is 0 Å². The third-order valence-corrected chi connectivity index (χ3v) is 4.36. The van der Waals surface area contributed by atoms with Crippen molar-refractivity contribution >= 4 is 29.3 Å². The van der Waals surface area contributed by atoms with Crippen molar-refractivity contribution < 1.29 is 14.0 Å². The number of nitrogens with one attached hydrogen (secondary N) is 2. The van der Waals surface area contributed by atoms with E-state index in [-0.39, 0.29) is 17.1 Å². The second kappa shape index (κ2) is 5.84. The number of furan rings is 1. The maximum absolute atomic E-state index is 12.1. The van der Waals surface area contributed by atoms with E-state index in [0.29, 0.717) is 23.6 Å². The Hall–Kier alpha value is -2.28. The van der Waals surface area contributed by atoms with Gasteiger partial charge in [-0.15, -0.1) is 0 Å². The van der Waals surface area contributed by atoms with E-state index in [0.717, 1.165) is 10.8 Å². The van der Waals surface area contributed by atoms with Crippen LogP contribution in [0, 0.1) is 6.92 Å². The zero-order valence-electron chi connectivity index (χ0n) is 12.2. The van der Waals surface area contributed by atoms with Crippen LogP contribution in [0.1, 0.15) is 28.8 Å². The molecule has 1 aliphatic rings. The normalized spacial score (nSPS) is 16.8. The van der Waals surface area contributed by atoms with Crippen LogP contribution in [0.15, 0.2) is 33.8 Å². The van der Waals surface area contributed by atoms with Gasteiger partial charge in [0.05, 0.1) is 23.0 Å². The summed E-state index contributed by atoms with van der Waals surface area (Å²) in [7, 11) is 0. The molecule has 0 fully saturated rings. The molecule has 0 aromatic carbocycles. The number of thioether (sulfide) groups is 1. The van der Waals surface area contributed by atoms with Gasteiger partial charge in [0.1, 0.15) is 16.5 Å². The maximum atomic E-state index is 12.1. The molecule has 0 spiro atoms. The molecule has 2 amide bonds. The van der Waals surface area contributed by atoms with Crippen molar-refractivity contribution in [3.63, 3.8) is 0 Å². The van der Waals surface area contributed by atoms with Crippen molar-refractivity contribution in [1.29, 1.82) is 0 Å². The topological polar surface area (TPSA) is 84.2 Å². The molecule has 7 heteroatoms. The molecule has 0 saturated heterocycles. The molecule has 1 aliphatic heterocycles. The number of fused-ring (bicyclic) bond motifs is 1. The average molecular weight is 317 g/mol. The summed E-state index contributed by atoms with van der Waals surface area (Å²) in [6.07, 6.45) is 1.51. The van der Waals surface area contributed by atoms with Crippen LogP contribution in [0.25, 0.3) is 0 Å². The Morgan fingerprint density at radius 3 is 3.05 bits per heavy atom. The van der Waals surface area contributed by atoms with Crippen LogP contribution in [-0.4, -0.2) is 22.0 Å². The highest BCUT2D eigenvalue weighted by Crippen LogP contribution is 2.33. The zero-order chi connectivity index (χ0) is 15.7. The van der Waals surface area contributed by atoms with E-state index in [4.69, 9.17) is 4.42 Å². The molecule has 2 N–H and O–H groups in total. The van der Waals surface area contributed by atoms with Crippen molar-refractivity contribution in [2.24, 2.45) is 0 Å². The lowest BCUT2D eigenvalue weighted by atomic mass is 10.2. The Balaban J connectivity index is 1.71. The van der Waals surface area contributed by atoms with Crippen LogP contribution in [0.3, 0.4) is 0 Å². The molecule has 114 valence electrons. The number of hydrogen-bond donors (Lipinski definition) is 2. The molecular formula is C15H15N3O3S. The van der Waals surface area contributed by atoms with Crippen LogP contribution in [0.5, 0.6) is 0 Å². The molecule has 3 rings (SSSR count). The molecule has 6 nitrogen and oxygen atoms in total. The number of anilines is 1. The van der Waals surface area contributed by atoms with Gasteiger partial charge in [-0.3, -0.25) is 9.59 Å². The fourth-order valence-electron chi connectivity index (χ4n) is 2.06. The number of amides is 2. The van der Waals surface area contributed by atoms with E-state index in [2.05, 4.69) is 15.6 Å². The van der Waals surface area contributed by atoms with Gasteiger partial charge < -0.3 is 15.1 Å². The molecule has 0 radical (unpaired) electrons. The standard InChI is InChI=1S/C15H15N3O3S/c1-8-3-4-11(21-8)7-16-14(20)10-5-12-15(17-6-10)22-9(2)13(19)18-12/h3-6,9H,7H2,1-2H3,(H,16,20)(H,18,19). The maximum Gasteiger partial charge on any atom is 0.253 e. The average Bonchev–Trinajstić information content (AvgIpc) is 2.91. The molecular weight excluding hydrogens is 302 g/mol. The molecule has 2 aromatic rings. The summed E-state index contributed by atoms with van der Waals surface area (Å²) in [5.74, 6) is 1.15. The number of rotatable bonds is 3. The van der Waals surface area contributed by atoms with Crippen LogP contribution in [-0.2, 0) is 11.3 Å². The van der Waals surface area contributed by atoms with Crippen LogP contribution in [0.2, 0.25) is 0 Å². The van der Waals surface area contributed by atoms with Gasteiger partial charge >= 0.3 is 0 Å². The van der Waals surface area contributed by atoms with Crippen LogP contribution < -0.4 is 10.6 Å². The molecule has 1 atom stereocenters. The van der Waals surface area contributed by atoms with Crippen molar-refractivity contribution in [2.45, 2.75) is 30.7 Å². The minimum absolute atomic E-state index is 0.0806. The Morgan fingerprint density at radius 1 is 1.50 bits per heavy atom. The van der Waals surface area contributed by atoms with Gasteiger partial charge in [0, 0.05) is 6.20 Å². The zero-order valence-corrected chi connectivity index (χ0v) is 13.0. The first-order chi connectivity index (χ1) is 10.5. The lowest BCUT2D eigenvalue weighted by Gasteiger charge is -2.20. The predicted octanol–water partition coefficient (Wildman–Crippen LogP) is 2.35. The van der Waals surface area contributed by atoms with Crippen molar-refractivity contribution in [3.8, 4) is 0 Å². The van der Waals surface area contributed by atoms with Gasteiger partial charge in [0.2, 0.25) is 5.91 Å². The van der Waals surface area contributed by atoms with Gasteiger partial charge in [-0.2, -0.15) is 0 Å². The fourth-order valence-corrected chi connectivity index (χ4v) is 2.92. The monoisotopic (exact) mass is 317 g/mol. The number of aromatic nitrogens is 1. The quantitative estimate of drug-likeness (QED) is 0.908. The Labute approximate surface area is 131 Å². The van der Waals surface area contributed by atoms with Gasteiger partial charge in [-0.25, -0.2) is 4.98 Å². The largest absolute Gasteiger partial charge is 0.465 e. The molecule has 0 bridgehead atoms. The van der Waals surface area contributed by atoms with E-state index in [1.165, 1.54) is 18.0 Å². The first-order valence-corrected chi connectivity index (χ1v) is 7.72. The molecule has 3 heterocycles. The highest BCUT2D eigenvalue weighted by Gasteiger charge is 2.24. The van der Waals surface area contributed by atoms with Gasteiger partial charge in [0.15, 0.2) is 0 Å². The number of carbonyl (C=O) groups excluding carboxylic acids is 2. The second-order valence-electron chi connectivity index (χ2n) is 5.02. The van der Waals surface area contributed by atoms with Crippen LogP contribution in [0.4, 0.5) is 5.69 Å². The van der Waals surface area contributed by atoms with Crippen molar-refractivity contribution in [3.05, 3.63) is 41.5 Å². The van der Waals surface area contributed by atoms with E-state index in [1.54, 1.807) is 6.07 Å². The second-order valence-corrected chi connectivity index (χ2v) is 6.35. The van der Waals surface area contributed by atoms with Crippen LogP contribution >= 0.6 is 11.8 Å². The first-order valence-electron chi connectivity index (χ1n) is 6.84. The summed E-state index contributed by atoms with van der Waals surface area (Å²) < 4.78 is 5.40. The minimum Gasteiger partial charge on any atom is -0.465 e. The third-order valence-electron chi connectivity index (χ3n) is 3.25. The molecule has 22 heavy (non-hydrogen) atoms. The number of pyridine rings is 1. The predicted molar refractivity (Wildman–Crippen MR) is 82.8 cm³/mol. The summed E-state index contributed by atoms with van der Waals surface area (Å²) in [5, 5.41) is 6.07. The number of hydrogen-bond acceptors (Lipinski definition) is 5. The molecule has 0 aliphatic carbocycles. The Morgan fingerprint density at radius 2 is 2.32 bits per heavy atom. The number of aryl methyl sites for hydroxylation is 1. The van der Waals surface area contributed by atoms with E-state index in [9.17, 15) is 9.59 Å². The highest BCUT2D eigenvalue weighted by molar-refractivity contribution is 8.00. The molecule has 1 unspecified atom stereocenters. The van der Waals surface area contributed by atoms with Gasteiger partial charge in [0.25, 0.3) is 5.91 Å². The smallest absolute Gasteiger partial charge is 0.253 e. The Bertz CT molecular complexity index is 741. The lowest BCUT2D eigenvalue weighted by molar-refractivity contribution is -0.115. The summed E-state index contributed by atoms with van der Waals surface area (Å²) in [5.41, 5.74) is 0.979. The van der Waals surface area contributed by atoms with E-state index < -0.39 is 0 Å². The SMILES string of the molecule is Cc1ccc(CNC(=O)c2cnc3c(c2)NC(=O)C(C)S3)o1. The minimum atomic E-state index is -0.262. The first kappa shape index (κ1) is 14.6. The number of carbonyl (C=O) groups is 2. The lowest BCUT2D eigenvalue weighted by Crippen LogP contribution is -2.28. The van der Waals surface area contributed by atoms with Gasteiger partial charge in [-0.05, 0) is 32.0 Å². The summed E-state index contributed by atoms with van der Waals surface area (Å²) >= 11 is 1.38.